The maximum atomic E-state index is 6.16. The number of rotatable bonds is 0. The van der Waals surface area contributed by atoms with Crippen LogP contribution in [0.2, 0.25) is 0 Å². The maximum Gasteiger partial charge on any atom is 0.184 e. The van der Waals surface area contributed by atoms with Gasteiger partial charge >= 0.3 is 0 Å². The second-order valence-electron chi connectivity index (χ2n) is 5.20. The fourth-order valence-electron chi connectivity index (χ4n) is 2.64. The number of fused-ring (bicyclic) bond motifs is 6. The summed E-state index contributed by atoms with van der Waals surface area (Å²) in [6, 6.07) is 0. The van der Waals surface area contributed by atoms with Gasteiger partial charge in [-0.25, -0.2) is 0 Å². The average molecular weight is 285 g/mol. The highest BCUT2D eigenvalue weighted by Crippen LogP contribution is 2.29. The summed E-state index contributed by atoms with van der Waals surface area (Å²) in [4.78, 5) is 0. The number of aromatic nitrogens is 6. The summed E-state index contributed by atoms with van der Waals surface area (Å²) in [6.07, 6.45) is 0. The van der Waals surface area contributed by atoms with Crippen LogP contribution in [0.3, 0.4) is 0 Å². The molecular weight excluding hydrogens is 270 g/mol. The van der Waals surface area contributed by atoms with E-state index in [2.05, 4.69) is 15.3 Å². The van der Waals surface area contributed by atoms with Gasteiger partial charge in [-0.2, -0.15) is 28.8 Å². The third-order valence-corrected chi connectivity index (χ3v) is 3.85. The number of nitrogens with zero attached hydrogens (tertiary/aromatic N) is 6. The summed E-state index contributed by atoms with van der Waals surface area (Å²) >= 11 is 0. The SMILES string of the molecule is Cc1nn2c(c1N)n1nc(C)c(N)c1n1nc(C)c(N)c21. The second-order valence-corrected chi connectivity index (χ2v) is 5.20. The van der Waals surface area contributed by atoms with Crippen LogP contribution in [0.4, 0.5) is 17.1 Å². The Balaban J connectivity index is 2.49. The molecule has 6 N–H and O–H groups in total. The number of anilines is 3. The molecule has 0 saturated carbocycles. The van der Waals surface area contributed by atoms with Gasteiger partial charge < -0.3 is 17.2 Å². The van der Waals surface area contributed by atoms with Crippen LogP contribution in [-0.2, 0) is 0 Å². The Morgan fingerprint density at radius 2 is 0.810 bits per heavy atom. The average Bonchev–Trinajstić information content (AvgIpc) is 2.99. The Hall–Kier alpha value is -2.97. The highest BCUT2D eigenvalue weighted by Gasteiger charge is 2.22. The number of nitrogen functional groups attached to an aromatic ring is 3. The smallest absolute Gasteiger partial charge is 0.184 e. The molecule has 0 unspecified atom stereocenters. The predicted octanol–water partition coefficient (Wildman–Crippen LogP) is 0.302. The summed E-state index contributed by atoms with van der Waals surface area (Å²) in [7, 11) is 0. The van der Waals surface area contributed by atoms with Gasteiger partial charge in [-0.1, -0.05) is 0 Å². The predicted molar refractivity (Wildman–Crippen MR) is 80.1 cm³/mol. The lowest BCUT2D eigenvalue weighted by Gasteiger charge is -2.04. The molecule has 108 valence electrons. The van der Waals surface area contributed by atoms with Crippen LogP contribution in [0.15, 0.2) is 0 Å². The molecule has 0 bridgehead atoms. The highest BCUT2D eigenvalue weighted by atomic mass is 15.5. The second kappa shape index (κ2) is 3.37. The molecule has 0 amide bonds. The summed E-state index contributed by atoms with van der Waals surface area (Å²) in [5.74, 6) is 0. The third kappa shape index (κ3) is 1.18. The molecule has 0 radical (unpaired) electrons. The van der Waals surface area contributed by atoms with Gasteiger partial charge in [0.25, 0.3) is 0 Å². The van der Waals surface area contributed by atoms with Crippen LogP contribution < -0.4 is 17.2 Å². The summed E-state index contributed by atoms with van der Waals surface area (Å²) < 4.78 is 5.00. The lowest BCUT2D eigenvalue weighted by molar-refractivity contribution is 0.816. The van der Waals surface area contributed by atoms with Gasteiger partial charge in [0.1, 0.15) is 17.1 Å². The zero-order valence-corrected chi connectivity index (χ0v) is 11.9. The molecular formula is C12H15N9. The van der Waals surface area contributed by atoms with E-state index in [-0.39, 0.29) is 0 Å². The van der Waals surface area contributed by atoms with Crippen molar-refractivity contribution in [2.24, 2.45) is 0 Å². The number of hydrogen-bond acceptors (Lipinski definition) is 6. The van der Waals surface area contributed by atoms with E-state index in [1.807, 2.05) is 20.8 Å². The van der Waals surface area contributed by atoms with Crippen molar-refractivity contribution in [3.05, 3.63) is 17.1 Å². The van der Waals surface area contributed by atoms with Crippen LogP contribution in [0, 0.1) is 20.8 Å². The van der Waals surface area contributed by atoms with Crippen molar-refractivity contribution in [3.8, 4) is 0 Å². The quantitative estimate of drug-likeness (QED) is 0.426. The van der Waals surface area contributed by atoms with Crippen molar-refractivity contribution in [1.82, 2.24) is 28.8 Å². The molecule has 0 aliphatic carbocycles. The van der Waals surface area contributed by atoms with Gasteiger partial charge in [-0.15, -0.1) is 0 Å². The first-order chi connectivity index (χ1) is 9.91. The molecule has 0 aromatic carbocycles. The van der Waals surface area contributed by atoms with Crippen LogP contribution in [-0.4, -0.2) is 28.8 Å². The van der Waals surface area contributed by atoms with Gasteiger partial charge in [-0.3, -0.25) is 0 Å². The first kappa shape index (κ1) is 11.8. The first-order valence-corrected chi connectivity index (χ1v) is 6.48. The molecule has 0 fully saturated rings. The zero-order valence-electron chi connectivity index (χ0n) is 11.9. The highest BCUT2D eigenvalue weighted by molar-refractivity contribution is 5.83. The van der Waals surface area contributed by atoms with Crippen molar-refractivity contribution in [3.63, 3.8) is 0 Å². The topological polar surface area (TPSA) is 130 Å². The lowest BCUT2D eigenvalue weighted by Crippen LogP contribution is -2.07. The minimum Gasteiger partial charge on any atom is -0.394 e. The Morgan fingerprint density at radius 3 is 1.05 bits per heavy atom. The van der Waals surface area contributed by atoms with Gasteiger partial charge in [0, 0.05) is 0 Å². The molecule has 0 aliphatic rings. The maximum absolute atomic E-state index is 6.16. The monoisotopic (exact) mass is 285 g/mol. The Bertz CT molecular complexity index is 881. The third-order valence-electron chi connectivity index (χ3n) is 3.85. The number of aryl methyl sites for hydroxylation is 3. The Kier molecular flexibility index (Phi) is 1.90. The van der Waals surface area contributed by atoms with Crippen molar-refractivity contribution < 1.29 is 0 Å². The van der Waals surface area contributed by atoms with E-state index < -0.39 is 0 Å². The molecule has 21 heavy (non-hydrogen) atoms. The number of hydrogen-bond donors (Lipinski definition) is 3. The van der Waals surface area contributed by atoms with E-state index in [1.54, 1.807) is 13.5 Å². The minimum atomic E-state index is 0.545. The summed E-state index contributed by atoms with van der Waals surface area (Å²) in [5.41, 5.74) is 24.1. The van der Waals surface area contributed by atoms with Gasteiger partial charge in [0.05, 0.1) is 17.1 Å². The first-order valence-electron chi connectivity index (χ1n) is 6.48. The van der Waals surface area contributed by atoms with Crippen molar-refractivity contribution in [1.29, 1.82) is 0 Å². The van der Waals surface area contributed by atoms with Gasteiger partial charge in [-0.05, 0) is 20.8 Å². The lowest BCUT2D eigenvalue weighted by atomic mass is 10.4. The van der Waals surface area contributed by atoms with E-state index in [4.69, 9.17) is 17.2 Å². The Labute approximate surface area is 118 Å². The fraction of sp³-hybridized carbons (Fsp3) is 0.250. The van der Waals surface area contributed by atoms with Crippen molar-refractivity contribution in [2.45, 2.75) is 20.8 Å². The molecule has 4 aromatic heterocycles. The van der Waals surface area contributed by atoms with Gasteiger partial charge in [0.2, 0.25) is 0 Å². The van der Waals surface area contributed by atoms with Gasteiger partial charge in [0.15, 0.2) is 16.9 Å². The van der Waals surface area contributed by atoms with Crippen LogP contribution in [0.25, 0.3) is 16.9 Å². The molecule has 9 nitrogen and oxygen atoms in total. The molecule has 0 saturated heterocycles. The van der Waals surface area contributed by atoms with E-state index in [0.29, 0.717) is 51.1 Å². The minimum absolute atomic E-state index is 0.545. The summed E-state index contributed by atoms with van der Waals surface area (Å²) in [5, 5.41) is 13.4. The standard InChI is InChI=1S/C12H15N9/c1-4-7(13)10-19(16-4)11-8(14)5(2)18-21(11)12-9(15)6(3)17-20(10)12/h13-15H2,1-3H3. The van der Waals surface area contributed by atoms with Crippen LogP contribution in [0.5, 0.6) is 0 Å². The molecule has 4 heterocycles. The zero-order chi connectivity index (χ0) is 15.0. The fourth-order valence-corrected chi connectivity index (χ4v) is 2.64. The molecule has 9 heteroatoms. The molecule has 4 rings (SSSR count). The van der Waals surface area contributed by atoms with Crippen LogP contribution in [0.1, 0.15) is 17.1 Å². The largest absolute Gasteiger partial charge is 0.394 e. The summed E-state index contributed by atoms with van der Waals surface area (Å²) in [6.45, 7) is 5.51. The number of nitrogens with two attached hydrogens (primary N) is 3. The van der Waals surface area contributed by atoms with Crippen LogP contribution >= 0.6 is 0 Å². The van der Waals surface area contributed by atoms with Crippen molar-refractivity contribution in [2.75, 3.05) is 17.2 Å². The van der Waals surface area contributed by atoms with E-state index in [0.717, 1.165) is 0 Å². The van der Waals surface area contributed by atoms with E-state index in [9.17, 15) is 0 Å². The molecule has 4 aromatic rings. The van der Waals surface area contributed by atoms with E-state index in [1.165, 1.54) is 0 Å². The van der Waals surface area contributed by atoms with Crippen molar-refractivity contribution >= 4 is 34.0 Å². The molecule has 0 aliphatic heterocycles. The molecule has 0 spiro atoms. The Morgan fingerprint density at radius 1 is 0.571 bits per heavy atom. The van der Waals surface area contributed by atoms with E-state index >= 15 is 0 Å². The normalized spacial score (nSPS) is 12.1. The molecule has 0 atom stereocenters.